The molecule has 0 fully saturated rings. The van der Waals surface area contributed by atoms with Crippen LogP contribution >= 0.6 is 35.3 Å². The molecule has 8 heteroatoms. The van der Waals surface area contributed by atoms with Crippen LogP contribution in [0.2, 0.25) is 0 Å². The lowest BCUT2D eigenvalue weighted by atomic mass is 10.1. The SMILES string of the molecule is CCc1nc(CNC(=NC)NCc2ccc(C)cc2OCCCOC)cs1.I. The van der Waals surface area contributed by atoms with Crippen LogP contribution in [0, 0.1) is 6.92 Å². The third-order valence-electron chi connectivity index (χ3n) is 3.98. The Morgan fingerprint density at radius 1 is 1.21 bits per heavy atom. The number of benzene rings is 1. The summed E-state index contributed by atoms with van der Waals surface area (Å²) in [5.74, 6) is 1.65. The maximum atomic E-state index is 5.94. The quantitative estimate of drug-likeness (QED) is 0.216. The summed E-state index contributed by atoms with van der Waals surface area (Å²) in [5.41, 5.74) is 3.32. The average Bonchev–Trinajstić information content (AvgIpc) is 3.14. The third kappa shape index (κ3) is 8.32. The van der Waals surface area contributed by atoms with Gasteiger partial charge in [0.1, 0.15) is 5.75 Å². The van der Waals surface area contributed by atoms with Gasteiger partial charge < -0.3 is 20.1 Å². The van der Waals surface area contributed by atoms with E-state index >= 15 is 0 Å². The summed E-state index contributed by atoms with van der Waals surface area (Å²) in [5, 5.41) is 9.90. The summed E-state index contributed by atoms with van der Waals surface area (Å²) in [4.78, 5) is 8.86. The predicted molar refractivity (Wildman–Crippen MR) is 127 cm³/mol. The van der Waals surface area contributed by atoms with Gasteiger partial charge in [-0.2, -0.15) is 0 Å². The van der Waals surface area contributed by atoms with Crippen LogP contribution in [0.15, 0.2) is 28.6 Å². The van der Waals surface area contributed by atoms with Gasteiger partial charge in [-0.1, -0.05) is 19.1 Å². The summed E-state index contributed by atoms with van der Waals surface area (Å²) in [6.07, 6.45) is 1.84. The van der Waals surface area contributed by atoms with E-state index in [9.17, 15) is 0 Å². The molecule has 156 valence electrons. The largest absolute Gasteiger partial charge is 0.493 e. The van der Waals surface area contributed by atoms with Gasteiger partial charge in [-0.25, -0.2) is 4.98 Å². The first kappa shape index (κ1) is 24.6. The second kappa shape index (κ2) is 13.7. The Kier molecular flexibility index (Phi) is 12.1. The molecule has 1 aromatic carbocycles. The van der Waals surface area contributed by atoms with E-state index in [0.717, 1.165) is 40.8 Å². The van der Waals surface area contributed by atoms with Gasteiger partial charge in [0, 0.05) is 44.7 Å². The molecule has 1 heterocycles. The van der Waals surface area contributed by atoms with Crippen LogP contribution in [-0.4, -0.2) is 38.3 Å². The average molecular weight is 518 g/mol. The number of aryl methyl sites for hydroxylation is 2. The van der Waals surface area contributed by atoms with Crippen molar-refractivity contribution in [2.45, 2.75) is 39.8 Å². The standard InChI is InChI=1S/C20H30N4O2S.HI/c1-5-19-24-17(14-27-19)13-23-20(21-3)22-12-16-8-7-15(2)11-18(16)26-10-6-9-25-4;/h7-8,11,14H,5-6,9-10,12-13H2,1-4H3,(H2,21,22,23);1H. The molecule has 28 heavy (non-hydrogen) atoms. The Balaban J connectivity index is 0.00000392. The van der Waals surface area contributed by atoms with Gasteiger partial charge >= 0.3 is 0 Å². The minimum atomic E-state index is 0. The molecule has 0 spiro atoms. The van der Waals surface area contributed by atoms with E-state index in [1.165, 1.54) is 5.56 Å². The monoisotopic (exact) mass is 518 g/mol. The summed E-state index contributed by atoms with van der Waals surface area (Å²) in [6.45, 7) is 6.82. The van der Waals surface area contributed by atoms with Crippen LogP contribution in [0.1, 0.15) is 35.2 Å². The molecule has 0 atom stereocenters. The minimum Gasteiger partial charge on any atom is -0.493 e. The van der Waals surface area contributed by atoms with Crippen molar-refractivity contribution in [2.24, 2.45) is 4.99 Å². The summed E-state index contributed by atoms with van der Waals surface area (Å²) in [6, 6.07) is 6.26. The molecule has 1 aromatic heterocycles. The molecule has 0 aliphatic rings. The van der Waals surface area contributed by atoms with E-state index in [2.05, 4.69) is 58.0 Å². The normalized spacial score (nSPS) is 11.1. The van der Waals surface area contributed by atoms with E-state index in [0.29, 0.717) is 26.3 Å². The Morgan fingerprint density at radius 3 is 2.68 bits per heavy atom. The molecule has 0 amide bonds. The fraction of sp³-hybridized carbons (Fsp3) is 0.500. The number of methoxy groups -OCH3 is 1. The number of hydrogen-bond acceptors (Lipinski definition) is 5. The van der Waals surface area contributed by atoms with Crippen molar-refractivity contribution in [3.8, 4) is 5.75 Å². The molecule has 0 radical (unpaired) electrons. The Hall–Kier alpha value is -1.39. The van der Waals surface area contributed by atoms with Gasteiger partial charge in [0.15, 0.2) is 5.96 Å². The Labute approximate surface area is 189 Å². The van der Waals surface area contributed by atoms with Crippen molar-refractivity contribution in [1.82, 2.24) is 15.6 Å². The number of aromatic nitrogens is 1. The van der Waals surface area contributed by atoms with Crippen molar-refractivity contribution >= 4 is 41.3 Å². The maximum Gasteiger partial charge on any atom is 0.191 e. The maximum absolute atomic E-state index is 5.94. The first-order valence-electron chi connectivity index (χ1n) is 9.25. The number of thiazole rings is 1. The topological polar surface area (TPSA) is 67.8 Å². The van der Waals surface area contributed by atoms with E-state index in [-0.39, 0.29) is 24.0 Å². The van der Waals surface area contributed by atoms with Crippen LogP contribution in [0.25, 0.3) is 0 Å². The molecule has 0 bridgehead atoms. The first-order chi connectivity index (χ1) is 13.2. The van der Waals surface area contributed by atoms with Gasteiger partial charge in [0.05, 0.1) is 23.9 Å². The molecule has 0 unspecified atom stereocenters. The van der Waals surface area contributed by atoms with Crippen molar-refractivity contribution in [1.29, 1.82) is 0 Å². The van der Waals surface area contributed by atoms with Gasteiger partial charge in [-0.15, -0.1) is 35.3 Å². The number of halogens is 1. The predicted octanol–water partition coefficient (Wildman–Crippen LogP) is 3.91. The summed E-state index contributed by atoms with van der Waals surface area (Å²) in [7, 11) is 3.47. The molecule has 0 saturated carbocycles. The fourth-order valence-corrected chi connectivity index (χ4v) is 3.24. The van der Waals surface area contributed by atoms with E-state index < -0.39 is 0 Å². The second-order valence-corrected chi connectivity index (χ2v) is 7.11. The van der Waals surface area contributed by atoms with Gasteiger partial charge in [-0.05, 0) is 25.0 Å². The molecular weight excluding hydrogens is 487 g/mol. The highest BCUT2D eigenvalue weighted by atomic mass is 127. The zero-order valence-electron chi connectivity index (χ0n) is 17.1. The highest BCUT2D eigenvalue weighted by Crippen LogP contribution is 2.20. The van der Waals surface area contributed by atoms with E-state index in [4.69, 9.17) is 9.47 Å². The van der Waals surface area contributed by atoms with Crippen molar-refractivity contribution in [3.63, 3.8) is 0 Å². The lowest BCUT2D eigenvalue weighted by molar-refractivity contribution is 0.171. The molecule has 2 aromatic rings. The fourth-order valence-electron chi connectivity index (χ4n) is 2.49. The number of guanidine groups is 1. The molecule has 2 rings (SSSR count). The Morgan fingerprint density at radius 2 is 2.00 bits per heavy atom. The number of rotatable bonds is 10. The summed E-state index contributed by atoms with van der Waals surface area (Å²) >= 11 is 1.70. The first-order valence-corrected chi connectivity index (χ1v) is 10.1. The number of hydrogen-bond donors (Lipinski definition) is 2. The van der Waals surface area contributed by atoms with Crippen LogP contribution < -0.4 is 15.4 Å². The summed E-state index contributed by atoms with van der Waals surface area (Å²) < 4.78 is 11.0. The minimum absolute atomic E-state index is 0. The van der Waals surface area contributed by atoms with Gasteiger partial charge in [0.25, 0.3) is 0 Å². The highest BCUT2D eigenvalue weighted by Gasteiger charge is 2.07. The van der Waals surface area contributed by atoms with Crippen LogP contribution in [-0.2, 0) is 24.2 Å². The van der Waals surface area contributed by atoms with Crippen molar-refractivity contribution in [3.05, 3.63) is 45.4 Å². The van der Waals surface area contributed by atoms with Crippen LogP contribution in [0.5, 0.6) is 5.75 Å². The van der Waals surface area contributed by atoms with Crippen LogP contribution in [0.4, 0.5) is 0 Å². The van der Waals surface area contributed by atoms with Gasteiger partial charge in [-0.3, -0.25) is 4.99 Å². The third-order valence-corrected chi connectivity index (χ3v) is 5.02. The Bertz CT molecular complexity index is 737. The van der Waals surface area contributed by atoms with E-state index in [1.54, 1.807) is 25.5 Å². The lowest BCUT2D eigenvalue weighted by Crippen LogP contribution is -2.36. The molecular formula is C20H31IN4O2S. The molecule has 6 nitrogen and oxygen atoms in total. The highest BCUT2D eigenvalue weighted by molar-refractivity contribution is 14.0. The second-order valence-electron chi connectivity index (χ2n) is 6.17. The lowest BCUT2D eigenvalue weighted by Gasteiger charge is -2.15. The smallest absolute Gasteiger partial charge is 0.191 e. The number of nitrogens with zero attached hydrogens (tertiary/aromatic N) is 2. The molecule has 2 N–H and O–H groups in total. The molecule has 0 saturated heterocycles. The van der Waals surface area contributed by atoms with Gasteiger partial charge in [0.2, 0.25) is 0 Å². The number of ether oxygens (including phenoxy) is 2. The zero-order chi connectivity index (χ0) is 19.5. The van der Waals surface area contributed by atoms with Crippen LogP contribution in [0.3, 0.4) is 0 Å². The number of aliphatic imine (C=N–C) groups is 1. The van der Waals surface area contributed by atoms with Crippen molar-refractivity contribution < 1.29 is 9.47 Å². The number of nitrogens with one attached hydrogen (secondary N) is 2. The van der Waals surface area contributed by atoms with E-state index in [1.807, 2.05) is 0 Å². The molecule has 0 aliphatic carbocycles. The molecule has 0 aliphatic heterocycles. The van der Waals surface area contributed by atoms with Crippen molar-refractivity contribution in [2.75, 3.05) is 27.4 Å². The zero-order valence-corrected chi connectivity index (χ0v) is 20.2.